The minimum atomic E-state index is -4.48. The SMILES string of the molecule is O=C(OCCOCCOCCOCCOCCOCCOCCOCCOCCOCCOCCOC(c1ccccc1)(c1ccccc1)c1ccccc1)c1ccccc1Nc1cccc(C(F)(F)F)c1. The third-order valence-corrected chi connectivity index (χ3v) is 10.5. The van der Waals surface area contributed by atoms with Gasteiger partial charge in [0, 0.05) is 5.69 Å². The Balaban J connectivity index is 0.729. The predicted molar refractivity (Wildman–Crippen MR) is 265 cm³/mol. The van der Waals surface area contributed by atoms with Crippen LogP contribution in [0.5, 0.6) is 0 Å². The Morgan fingerprint density at radius 2 is 0.681 bits per heavy atom. The highest BCUT2D eigenvalue weighted by atomic mass is 19.4. The van der Waals surface area contributed by atoms with Gasteiger partial charge in [0.15, 0.2) is 0 Å². The van der Waals surface area contributed by atoms with E-state index in [9.17, 15) is 18.0 Å². The fourth-order valence-electron chi connectivity index (χ4n) is 7.07. The fourth-order valence-corrected chi connectivity index (χ4v) is 7.07. The highest BCUT2D eigenvalue weighted by molar-refractivity contribution is 5.96. The number of esters is 1. The van der Waals surface area contributed by atoms with E-state index < -0.39 is 23.3 Å². The molecule has 0 spiro atoms. The molecule has 17 heteroatoms. The first-order chi connectivity index (χ1) is 35.4. The van der Waals surface area contributed by atoms with Crippen LogP contribution in [0, 0.1) is 0 Å². The maximum Gasteiger partial charge on any atom is 0.416 e. The van der Waals surface area contributed by atoms with Crippen molar-refractivity contribution in [3.63, 3.8) is 0 Å². The molecule has 1 N–H and O–H groups in total. The molecular formula is C55H68F3NO13. The van der Waals surface area contributed by atoms with Crippen LogP contribution in [-0.4, -0.2) is 151 Å². The molecule has 5 aromatic rings. The van der Waals surface area contributed by atoms with Crippen molar-refractivity contribution in [1.29, 1.82) is 0 Å². The van der Waals surface area contributed by atoms with Crippen molar-refractivity contribution < 1.29 is 74.8 Å². The molecule has 0 amide bonds. The van der Waals surface area contributed by atoms with Gasteiger partial charge in [0.1, 0.15) is 12.2 Å². The number of hydrogen-bond donors (Lipinski definition) is 1. The molecule has 0 heterocycles. The van der Waals surface area contributed by atoms with Gasteiger partial charge in [-0.2, -0.15) is 13.2 Å². The number of para-hydroxylation sites is 1. The molecule has 0 aromatic heterocycles. The second kappa shape index (κ2) is 35.0. The molecule has 5 aromatic carbocycles. The Labute approximate surface area is 420 Å². The van der Waals surface area contributed by atoms with Gasteiger partial charge in [0.2, 0.25) is 0 Å². The quantitative estimate of drug-likeness (QED) is 0.0227. The average molecular weight is 1010 g/mol. The molecule has 0 saturated heterocycles. The van der Waals surface area contributed by atoms with E-state index in [1.165, 1.54) is 18.2 Å². The molecular weight excluding hydrogens is 940 g/mol. The topological polar surface area (TPSA) is 140 Å². The number of alkyl halides is 3. The summed E-state index contributed by atoms with van der Waals surface area (Å²) in [5.74, 6) is -0.632. The zero-order chi connectivity index (χ0) is 50.6. The molecule has 0 atom stereocenters. The number of nitrogens with one attached hydrogen (secondary N) is 1. The van der Waals surface area contributed by atoms with Gasteiger partial charge in [-0.25, -0.2) is 4.79 Å². The summed E-state index contributed by atoms with van der Waals surface area (Å²) in [5.41, 5.74) is 2.28. The largest absolute Gasteiger partial charge is 0.460 e. The molecule has 0 aliphatic heterocycles. The van der Waals surface area contributed by atoms with Crippen molar-refractivity contribution in [2.75, 3.05) is 151 Å². The summed E-state index contributed by atoms with van der Waals surface area (Å²) in [5, 5.41) is 2.86. The molecule has 0 aliphatic rings. The van der Waals surface area contributed by atoms with Gasteiger partial charge >= 0.3 is 12.1 Å². The van der Waals surface area contributed by atoms with Crippen LogP contribution < -0.4 is 5.32 Å². The molecule has 5 rings (SSSR count). The minimum absolute atomic E-state index is 0.00799. The molecule has 72 heavy (non-hydrogen) atoms. The normalized spacial score (nSPS) is 11.8. The number of hydrogen-bond acceptors (Lipinski definition) is 14. The summed E-state index contributed by atoms with van der Waals surface area (Å²) < 4.78 is 107. The smallest absolute Gasteiger partial charge is 0.416 e. The predicted octanol–water partition coefficient (Wildman–Crippen LogP) is 8.78. The van der Waals surface area contributed by atoms with Crippen LogP contribution in [-0.2, 0) is 68.6 Å². The Kier molecular flexibility index (Phi) is 28.0. The van der Waals surface area contributed by atoms with E-state index in [2.05, 4.69) is 41.7 Å². The Morgan fingerprint density at radius 1 is 0.361 bits per heavy atom. The summed E-state index contributed by atoms with van der Waals surface area (Å²) in [4.78, 5) is 12.6. The van der Waals surface area contributed by atoms with Crippen molar-refractivity contribution in [1.82, 2.24) is 0 Å². The molecule has 0 saturated carbocycles. The zero-order valence-corrected chi connectivity index (χ0v) is 40.8. The van der Waals surface area contributed by atoms with Crippen LogP contribution in [0.15, 0.2) is 140 Å². The highest BCUT2D eigenvalue weighted by Crippen LogP contribution is 2.40. The second-order valence-electron chi connectivity index (χ2n) is 15.6. The molecule has 0 fully saturated rings. The molecule has 0 bridgehead atoms. The maximum atomic E-state index is 13.1. The highest BCUT2D eigenvalue weighted by Gasteiger charge is 2.37. The number of carbonyl (C=O) groups is 1. The van der Waals surface area contributed by atoms with Crippen molar-refractivity contribution >= 4 is 17.3 Å². The van der Waals surface area contributed by atoms with Gasteiger partial charge in [-0.1, -0.05) is 109 Å². The van der Waals surface area contributed by atoms with Gasteiger partial charge in [0.25, 0.3) is 0 Å². The molecule has 0 aliphatic carbocycles. The van der Waals surface area contributed by atoms with Crippen LogP contribution in [0.4, 0.5) is 24.5 Å². The van der Waals surface area contributed by atoms with Crippen molar-refractivity contribution in [3.8, 4) is 0 Å². The number of ether oxygens (including phenoxy) is 12. The number of rotatable bonds is 40. The van der Waals surface area contributed by atoms with Gasteiger partial charge < -0.3 is 62.2 Å². The first-order valence-corrected chi connectivity index (χ1v) is 24.2. The lowest BCUT2D eigenvalue weighted by molar-refractivity contribution is -0.137. The lowest BCUT2D eigenvalue weighted by atomic mass is 9.80. The third kappa shape index (κ3) is 21.8. The van der Waals surface area contributed by atoms with Gasteiger partial charge in [0.05, 0.1) is 156 Å². The van der Waals surface area contributed by atoms with E-state index in [4.69, 9.17) is 56.8 Å². The first kappa shape index (κ1) is 57.6. The zero-order valence-electron chi connectivity index (χ0n) is 40.8. The van der Waals surface area contributed by atoms with Crippen molar-refractivity contribution in [2.24, 2.45) is 0 Å². The first-order valence-electron chi connectivity index (χ1n) is 24.2. The lowest BCUT2D eigenvalue weighted by Gasteiger charge is -2.36. The lowest BCUT2D eigenvalue weighted by Crippen LogP contribution is -2.34. The fraction of sp³-hybridized carbons (Fsp3) is 0.436. The van der Waals surface area contributed by atoms with E-state index >= 15 is 0 Å². The van der Waals surface area contributed by atoms with E-state index in [0.29, 0.717) is 138 Å². The number of carbonyl (C=O) groups excluding carboxylic acids is 1. The summed E-state index contributed by atoms with van der Waals surface area (Å²) in [7, 11) is 0. The summed E-state index contributed by atoms with van der Waals surface area (Å²) in [6.45, 7) is 8.67. The van der Waals surface area contributed by atoms with Crippen LogP contribution >= 0.6 is 0 Å². The van der Waals surface area contributed by atoms with Crippen LogP contribution in [0.2, 0.25) is 0 Å². The summed E-state index contributed by atoms with van der Waals surface area (Å²) >= 11 is 0. The van der Waals surface area contributed by atoms with Gasteiger partial charge in [-0.05, 0) is 47.0 Å². The van der Waals surface area contributed by atoms with E-state index in [-0.39, 0.29) is 24.5 Å². The van der Waals surface area contributed by atoms with E-state index in [1.807, 2.05) is 54.6 Å². The molecule has 0 unspecified atom stereocenters. The number of halogens is 3. The summed E-state index contributed by atoms with van der Waals surface area (Å²) in [6.07, 6.45) is -4.48. The minimum Gasteiger partial charge on any atom is -0.460 e. The average Bonchev–Trinajstić information content (AvgIpc) is 3.40. The Morgan fingerprint density at radius 3 is 1.06 bits per heavy atom. The maximum absolute atomic E-state index is 13.1. The van der Waals surface area contributed by atoms with Crippen molar-refractivity contribution in [3.05, 3.63) is 167 Å². The molecule has 0 radical (unpaired) electrons. The molecule has 392 valence electrons. The van der Waals surface area contributed by atoms with E-state index in [0.717, 1.165) is 28.8 Å². The van der Waals surface area contributed by atoms with Gasteiger partial charge in [-0.3, -0.25) is 0 Å². The van der Waals surface area contributed by atoms with Crippen LogP contribution in [0.25, 0.3) is 0 Å². The standard InChI is InChI=1S/C55H68F3NO13/c56-55(57,58)49-19-12-20-50(45-49)59-52-22-11-10-21-51(52)53(60)71-43-41-69-39-37-67-35-33-65-31-29-63-27-25-61-23-24-62-26-28-64-30-32-66-34-36-68-38-40-70-42-44-72-54(46-13-4-1-5-14-46,47-15-6-2-7-16-47)48-17-8-3-9-18-48/h1-22,45,59H,23-44H2. The molecule has 14 nitrogen and oxygen atoms in total. The van der Waals surface area contributed by atoms with Gasteiger partial charge in [-0.15, -0.1) is 0 Å². The van der Waals surface area contributed by atoms with Crippen molar-refractivity contribution in [2.45, 2.75) is 11.8 Å². The van der Waals surface area contributed by atoms with E-state index in [1.54, 1.807) is 18.2 Å². The monoisotopic (exact) mass is 1010 g/mol. The third-order valence-electron chi connectivity index (χ3n) is 10.5. The Hall–Kier alpha value is -5.28. The van der Waals surface area contributed by atoms with Crippen LogP contribution in [0.1, 0.15) is 32.6 Å². The van der Waals surface area contributed by atoms with Crippen LogP contribution in [0.3, 0.4) is 0 Å². The number of benzene rings is 5. The Bertz CT molecular complexity index is 2060. The summed E-state index contributed by atoms with van der Waals surface area (Å²) in [6, 6.07) is 42.0. The number of anilines is 2. The second-order valence-corrected chi connectivity index (χ2v) is 15.6.